The van der Waals surface area contributed by atoms with Crippen molar-refractivity contribution in [3.8, 4) is 0 Å². The van der Waals surface area contributed by atoms with Crippen molar-refractivity contribution >= 4 is 19.8 Å². The summed E-state index contributed by atoms with van der Waals surface area (Å²) in [6.45, 7) is 4.20. The van der Waals surface area contributed by atoms with Crippen LogP contribution in [0.1, 0.15) is 476 Å². The highest BCUT2D eigenvalue weighted by Crippen LogP contribution is 2.38. The van der Waals surface area contributed by atoms with E-state index in [-0.39, 0.29) is 32.0 Å². The third-order valence-corrected chi connectivity index (χ3v) is 22.2. The maximum absolute atomic E-state index is 12.9. The number of phosphoric acid groups is 1. The summed E-state index contributed by atoms with van der Waals surface area (Å²) in [5.41, 5.74) is 0. The molecule has 0 heterocycles. The van der Waals surface area contributed by atoms with E-state index in [2.05, 4.69) is 86.8 Å². The van der Waals surface area contributed by atoms with Gasteiger partial charge in [0.05, 0.1) is 27.7 Å². The number of allylic oxidation sites excluding steroid dienone is 12. The molecule has 0 spiro atoms. The van der Waals surface area contributed by atoms with Crippen LogP contribution in [0.25, 0.3) is 0 Å². The fraction of sp³-hybridized carbons (Fsp3) is 0.854. The molecule has 0 aliphatic rings. The molecule has 0 saturated heterocycles. The highest BCUT2D eigenvalue weighted by atomic mass is 31.2. The molecule has 0 rings (SSSR count). The largest absolute Gasteiger partial charge is 0.756 e. The average Bonchev–Trinajstić information content (AvgIpc) is 0.908. The molecule has 0 amide bonds. The van der Waals surface area contributed by atoms with Crippen LogP contribution in [0, 0.1) is 0 Å². The van der Waals surface area contributed by atoms with Crippen molar-refractivity contribution in [1.29, 1.82) is 0 Å². The Bertz CT molecular complexity index is 2020. The lowest BCUT2D eigenvalue weighted by atomic mass is 10.0. The summed E-state index contributed by atoms with van der Waals surface area (Å²) >= 11 is 0. The number of nitrogens with zero attached hydrogens (tertiary/aromatic N) is 1. The van der Waals surface area contributed by atoms with Crippen molar-refractivity contribution in [3.63, 3.8) is 0 Å². The molecular weight excluding hydrogens is 1330 g/mol. The molecule has 0 aromatic heterocycles. The highest BCUT2D eigenvalue weighted by molar-refractivity contribution is 7.45. The van der Waals surface area contributed by atoms with Crippen LogP contribution < -0.4 is 4.89 Å². The van der Waals surface area contributed by atoms with Crippen LogP contribution >= 0.6 is 7.82 Å². The summed E-state index contributed by atoms with van der Waals surface area (Å²) in [5.74, 6) is -0.805. The van der Waals surface area contributed by atoms with Gasteiger partial charge in [0.2, 0.25) is 0 Å². The Morgan fingerprint density at radius 2 is 0.538 bits per heavy atom. The average molecular weight is 1510 g/mol. The van der Waals surface area contributed by atoms with Gasteiger partial charge in [-0.05, 0) is 83.5 Å². The van der Waals surface area contributed by atoms with Crippen LogP contribution in [-0.4, -0.2) is 70.0 Å². The molecule has 0 aliphatic carbocycles. The monoisotopic (exact) mass is 1510 g/mol. The van der Waals surface area contributed by atoms with E-state index in [0.29, 0.717) is 17.4 Å². The Kier molecular flexibility index (Phi) is 84.4. The molecule has 0 aromatic rings. The summed E-state index contributed by atoms with van der Waals surface area (Å²) in [7, 11) is 1.19. The standard InChI is InChI=1S/C96H180NO8P/c1-6-8-10-12-14-16-18-20-22-24-26-28-30-32-34-36-38-40-42-44-46-48-50-52-54-56-58-60-62-64-66-68-70-72-74-76-78-80-82-84-86-88-95(98)102-92-94(93-104-106(100,101)103-91-90-97(3,4)5)105-96(99)89-87-85-83-81-79-77-75-73-71-69-67-65-63-61-59-57-55-53-51-49-47-45-43-41-39-37-35-33-31-29-27-25-23-21-19-17-15-13-11-9-7-2/h9,11,15,17-18,20-21,23-24,26-27,29,94H,6-8,10,12-14,16,19,22,25,28,30-93H2,1-5H3/b11-9-,17-15-,20-18-,23-21-,26-24-,29-27-. The van der Waals surface area contributed by atoms with Crippen LogP contribution in [0.15, 0.2) is 72.9 Å². The molecule has 0 aromatic carbocycles. The Morgan fingerprint density at radius 1 is 0.302 bits per heavy atom. The maximum Gasteiger partial charge on any atom is 0.306 e. The molecule has 0 saturated carbocycles. The Labute approximate surface area is 660 Å². The topological polar surface area (TPSA) is 111 Å². The molecule has 0 N–H and O–H groups in total. The van der Waals surface area contributed by atoms with E-state index in [9.17, 15) is 19.0 Å². The lowest BCUT2D eigenvalue weighted by Crippen LogP contribution is -2.37. The first-order valence-corrected chi connectivity index (χ1v) is 48.1. The molecule has 2 unspecified atom stereocenters. The zero-order valence-corrected chi connectivity index (χ0v) is 72.3. The number of hydrogen-bond donors (Lipinski definition) is 0. The van der Waals surface area contributed by atoms with Crippen molar-refractivity contribution in [2.45, 2.75) is 482 Å². The Hall–Kier alpha value is -2.55. The molecule has 0 bridgehead atoms. The van der Waals surface area contributed by atoms with E-state index in [1.165, 1.54) is 379 Å². The number of carbonyl (C=O) groups excluding carboxylic acids is 2. The zero-order chi connectivity index (χ0) is 76.8. The summed E-state index contributed by atoms with van der Waals surface area (Å²) in [4.78, 5) is 38.3. The summed E-state index contributed by atoms with van der Waals surface area (Å²) < 4.78 is 34.5. The van der Waals surface area contributed by atoms with Gasteiger partial charge in [0.25, 0.3) is 7.82 Å². The van der Waals surface area contributed by atoms with Crippen LogP contribution in [0.4, 0.5) is 0 Å². The molecule has 0 fully saturated rings. The number of carbonyl (C=O) groups is 2. The van der Waals surface area contributed by atoms with Crippen molar-refractivity contribution in [1.82, 2.24) is 0 Å². The van der Waals surface area contributed by atoms with Gasteiger partial charge in [-0.3, -0.25) is 14.2 Å². The summed E-state index contributed by atoms with van der Waals surface area (Å²) in [6.07, 6.45) is 120. The lowest BCUT2D eigenvalue weighted by molar-refractivity contribution is -0.870. The first kappa shape index (κ1) is 103. The van der Waals surface area contributed by atoms with Gasteiger partial charge in [-0.1, -0.05) is 453 Å². The van der Waals surface area contributed by atoms with Gasteiger partial charge in [-0.15, -0.1) is 0 Å². The van der Waals surface area contributed by atoms with E-state index >= 15 is 0 Å². The van der Waals surface area contributed by atoms with Gasteiger partial charge in [0.15, 0.2) is 6.10 Å². The number of rotatable bonds is 88. The number of esters is 2. The third kappa shape index (κ3) is 90.3. The number of likely N-dealkylation sites (N-methyl/N-ethyl adjacent to an activating group) is 1. The number of phosphoric ester groups is 1. The quantitative estimate of drug-likeness (QED) is 0.0195. The van der Waals surface area contributed by atoms with Crippen molar-refractivity contribution in [3.05, 3.63) is 72.9 Å². The highest BCUT2D eigenvalue weighted by Gasteiger charge is 2.22. The molecule has 2 atom stereocenters. The molecule has 10 heteroatoms. The minimum Gasteiger partial charge on any atom is -0.756 e. The molecule has 0 radical (unpaired) electrons. The fourth-order valence-electron chi connectivity index (χ4n) is 14.2. The minimum atomic E-state index is -4.65. The molecule has 9 nitrogen and oxygen atoms in total. The van der Waals surface area contributed by atoms with Crippen LogP contribution in [0.3, 0.4) is 0 Å². The fourth-order valence-corrected chi connectivity index (χ4v) is 14.9. The number of quaternary nitrogens is 1. The van der Waals surface area contributed by atoms with Gasteiger partial charge in [-0.25, -0.2) is 0 Å². The van der Waals surface area contributed by atoms with Gasteiger partial charge in [0.1, 0.15) is 19.8 Å². The van der Waals surface area contributed by atoms with E-state index in [1.54, 1.807) is 0 Å². The molecule has 106 heavy (non-hydrogen) atoms. The second kappa shape index (κ2) is 86.4. The number of unbranched alkanes of at least 4 members (excludes halogenated alkanes) is 62. The second-order valence-corrected chi connectivity index (χ2v) is 34.4. The normalized spacial score (nSPS) is 13.2. The van der Waals surface area contributed by atoms with Gasteiger partial charge >= 0.3 is 11.9 Å². The van der Waals surface area contributed by atoms with Crippen molar-refractivity contribution in [2.24, 2.45) is 0 Å². The van der Waals surface area contributed by atoms with Crippen LogP contribution in [0.5, 0.6) is 0 Å². The van der Waals surface area contributed by atoms with E-state index < -0.39 is 26.5 Å². The molecule has 0 aliphatic heterocycles. The molecular formula is C96H180NO8P. The van der Waals surface area contributed by atoms with E-state index in [0.717, 1.165) is 64.2 Å². The smallest absolute Gasteiger partial charge is 0.306 e. The van der Waals surface area contributed by atoms with Crippen molar-refractivity contribution in [2.75, 3.05) is 47.5 Å². The first-order valence-electron chi connectivity index (χ1n) is 46.6. The van der Waals surface area contributed by atoms with Gasteiger partial charge < -0.3 is 27.9 Å². The summed E-state index contributed by atoms with van der Waals surface area (Å²) in [5, 5.41) is 0. The summed E-state index contributed by atoms with van der Waals surface area (Å²) in [6, 6.07) is 0. The Morgan fingerprint density at radius 3 is 0.802 bits per heavy atom. The lowest BCUT2D eigenvalue weighted by Gasteiger charge is -2.28. The van der Waals surface area contributed by atoms with Crippen LogP contribution in [0.2, 0.25) is 0 Å². The minimum absolute atomic E-state index is 0.0277. The predicted octanol–water partition coefficient (Wildman–Crippen LogP) is 31.1. The Balaban J connectivity index is 3.81. The first-order chi connectivity index (χ1) is 52.0. The van der Waals surface area contributed by atoms with Crippen LogP contribution in [-0.2, 0) is 32.7 Å². The van der Waals surface area contributed by atoms with Gasteiger partial charge in [-0.2, -0.15) is 0 Å². The third-order valence-electron chi connectivity index (χ3n) is 21.2. The van der Waals surface area contributed by atoms with E-state index in [4.69, 9.17) is 18.5 Å². The van der Waals surface area contributed by atoms with Crippen molar-refractivity contribution < 1.29 is 42.1 Å². The molecule has 622 valence electrons. The maximum atomic E-state index is 12.9. The predicted molar refractivity (Wildman–Crippen MR) is 462 cm³/mol. The van der Waals surface area contributed by atoms with Gasteiger partial charge in [0, 0.05) is 12.8 Å². The second-order valence-electron chi connectivity index (χ2n) is 33.0. The number of hydrogen-bond acceptors (Lipinski definition) is 8. The number of ether oxygens (including phenoxy) is 2. The van der Waals surface area contributed by atoms with E-state index in [1.807, 2.05) is 21.1 Å². The zero-order valence-electron chi connectivity index (χ0n) is 71.4. The SMILES string of the molecule is CC/C=C\C/C=C\C/C=C\C/C=C\CCCCCCCCCCCCCCCCCCCCCCCCCCCCCCC(=O)OC(COC(=O)CCCCCCCCCCCCCCCCCCCCCCCCCCCCCCC/C=C\C/C=C\CCCCCCC)COP(=O)([O-])OCC[N+](C)(C)C.